The first-order valence-electron chi connectivity index (χ1n) is 3.72. The third-order valence-electron chi connectivity index (χ3n) is 1.63. The first-order valence-corrected chi connectivity index (χ1v) is 3.72. The van der Waals surface area contributed by atoms with Crippen molar-refractivity contribution < 1.29 is 84.5 Å². The standard InChI is InChI=1S/C10H8O4.2Y/c1-13-9(11)7-5-3-4-6-8(7)10(12)14-2;;/h3-6H,1-2H2;;/q-2;;. The monoisotopic (exact) mass is 370 g/mol. The van der Waals surface area contributed by atoms with Crippen molar-refractivity contribution in [3.8, 4) is 0 Å². The van der Waals surface area contributed by atoms with Gasteiger partial charge in [-0.2, -0.15) is 14.2 Å². The number of carbonyl (C=O) groups is 2. The van der Waals surface area contributed by atoms with Gasteiger partial charge in [0.15, 0.2) is 0 Å². The van der Waals surface area contributed by atoms with Crippen LogP contribution in [-0.4, -0.2) is 11.9 Å². The molecule has 0 N–H and O–H groups in total. The van der Waals surface area contributed by atoms with Gasteiger partial charge in [-0.3, -0.25) is 0 Å². The Balaban J connectivity index is 0. The van der Waals surface area contributed by atoms with Crippen LogP contribution in [0.25, 0.3) is 0 Å². The summed E-state index contributed by atoms with van der Waals surface area (Å²) in [5.41, 5.74) is 0.215. The van der Waals surface area contributed by atoms with Crippen LogP contribution in [0.2, 0.25) is 0 Å². The van der Waals surface area contributed by atoms with Gasteiger partial charge in [0.05, 0.1) is 11.1 Å². The van der Waals surface area contributed by atoms with Gasteiger partial charge in [-0.25, -0.2) is 9.59 Å². The molecule has 1 aromatic carbocycles. The molecule has 0 aliphatic carbocycles. The number of ether oxygens (including phenoxy) is 2. The summed E-state index contributed by atoms with van der Waals surface area (Å²) in [7, 11) is 5.94. The van der Waals surface area contributed by atoms with Crippen LogP contribution in [0.3, 0.4) is 0 Å². The SMILES string of the molecule is [CH2-]OC(=O)c1ccccc1C(=O)O[CH2-].[Y].[Y]. The van der Waals surface area contributed by atoms with E-state index in [4.69, 9.17) is 0 Å². The summed E-state index contributed by atoms with van der Waals surface area (Å²) in [4.78, 5) is 22.3. The van der Waals surface area contributed by atoms with Crippen molar-refractivity contribution in [2.75, 3.05) is 0 Å². The summed E-state index contributed by atoms with van der Waals surface area (Å²) in [6.45, 7) is 0. The zero-order valence-corrected chi connectivity index (χ0v) is 14.2. The summed E-state index contributed by atoms with van der Waals surface area (Å²) < 4.78 is 8.51. The molecule has 0 atom stereocenters. The number of rotatable bonds is 2. The summed E-state index contributed by atoms with van der Waals surface area (Å²) in [6, 6.07) is 6.10. The van der Waals surface area contributed by atoms with Gasteiger partial charge < -0.3 is 9.47 Å². The minimum atomic E-state index is -0.689. The van der Waals surface area contributed by atoms with E-state index in [9.17, 15) is 9.59 Å². The maximum Gasteiger partial charge on any atom is 0.307 e. The van der Waals surface area contributed by atoms with E-state index in [2.05, 4.69) is 23.7 Å². The van der Waals surface area contributed by atoms with E-state index in [-0.39, 0.29) is 76.5 Å². The van der Waals surface area contributed by atoms with E-state index in [1.807, 2.05) is 0 Å². The van der Waals surface area contributed by atoms with Gasteiger partial charge >= 0.3 is 11.9 Å². The predicted molar refractivity (Wildman–Crippen MR) is 48.0 cm³/mol. The van der Waals surface area contributed by atoms with Crippen molar-refractivity contribution in [2.45, 2.75) is 0 Å². The number of hydrogen-bond acceptors (Lipinski definition) is 4. The van der Waals surface area contributed by atoms with Gasteiger partial charge in [-0.1, -0.05) is 12.1 Å². The molecule has 6 heteroatoms. The molecule has 0 unspecified atom stereocenters. The van der Waals surface area contributed by atoms with Crippen molar-refractivity contribution in [3.63, 3.8) is 0 Å². The van der Waals surface area contributed by atoms with Crippen LogP contribution in [0.15, 0.2) is 24.3 Å². The Morgan fingerprint density at radius 1 is 0.875 bits per heavy atom. The topological polar surface area (TPSA) is 52.6 Å². The Kier molecular flexibility index (Phi) is 11.0. The van der Waals surface area contributed by atoms with E-state index in [0.29, 0.717) is 0 Å². The first-order chi connectivity index (χ1) is 6.70. The normalized spacial score (nSPS) is 8.12. The van der Waals surface area contributed by atoms with Crippen molar-refractivity contribution in [1.82, 2.24) is 0 Å². The van der Waals surface area contributed by atoms with E-state index >= 15 is 0 Å². The molecule has 0 aromatic heterocycles. The average Bonchev–Trinajstić information content (AvgIpc) is 2.27. The number of carbonyl (C=O) groups excluding carboxylic acids is 2. The predicted octanol–water partition coefficient (Wildman–Crippen LogP) is 1.58. The Hall–Kier alpha value is 0.368. The zero-order valence-electron chi connectivity index (χ0n) is 8.51. The minimum Gasteiger partial charge on any atom is -0.637 e. The molecular formula is C10H8O4Y2-2. The zero-order chi connectivity index (χ0) is 10.6. The fraction of sp³-hybridized carbons (Fsp3) is 0. The summed E-state index contributed by atoms with van der Waals surface area (Å²) in [5, 5.41) is 0. The van der Waals surface area contributed by atoms with E-state index in [1.54, 1.807) is 12.1 Å². The Morgan fingerprint density at radius 2 is 1.19 bits per heavy atom. The van der Waals surface area contributed by atoms with Crippen LogP contribution < -0.4 is 0 Å². The third-order valence-corrected chi connectivity index (χ3v) is 1.63. The Morgan fingerprint density at radius 3 is 1.44 bits per heavy atom. The molecule has 0 heterocycles. The molecule has 4 nitrogen and oxygen atoms in total. The quantitative estimate of drug-likeness (QED) is 0.586. The molecular weight excluding hydrogens is 362 g/mol. The van der Waals surface area contributed by atoms with Crippen LogP contribution >= 0.6 is 0 Å². The molecule has 1 rings (SSSR count). The molecule has 0 saturated carbocycles. The Labute approximate surface area is 144 Å². The summed E-state index contributed by atoms with van der Waals surface area (Å²) in [6.07, 6.45) is 0. The van der Waals surface area contributed by atoms with Crippen LogP contribution in [0, 0.1) is 14.2 Å². The smallest absolute Gasteiger partial charge is 0.307 e. The average molecular weight is 370 g/mol. The van der Waals surface area contributed by atoms with Gasteiger partial charge in [0.2, 0.25) is 0 Å². The molecule has 0 aliphatic rings. The maximum absolute atomic E-state index is 11.1. The van der Waals surface area contributed by atoms with Crippen LogP contribution in [-0.2, 0) is 74.9 Å². The molecule has 16 heavy (non-hydrogen) atoms. The van der Waals surface area contributed by atoms with Crippen LogP contribution in [0.4, 0.5) is 0 Å². The number of esters is 2. The molecule has 0 saturated heterocycles. The van der Waals surface area contributed by atoms with Crippen molar-refractivity contribution in [1.29, 1.82) is 0 Å². The van der Waals surface area contributed by atoms with Gasteiger partial charge in [0.1, 0.15) is 0 Å². The van der Waals surface area contributed by atoms with Gasteiger partial charge in [0.25, 0.3) is 0 Å². The van der Waals surface area contributed by atoms with E-state index in [0.717, 1.165) is 0 Å². The fourth-order valence-corrected chi connectivity index (χ4v) is 0.995. The summed E-state index contributed by atoms with van der Waals surface area (Å²) >= 11 is 0. The first kappa shape index (κ1) is 18.7. The van der Waals surface area contributed by atoms with Crippen molar-refractivity contribution >= 4 is 11.9 Å². The fourth-order valence-electron chi connectivity index (χ4n) is 0.995. The van der Waals surface area contributed by atoms with E-state index in [1.165, 1.54) is 12.1 Å². The molecule has 80 valence electrons. The van der Waals surface area contributed by atoms with Crippen molar-refractivity contribution in [3.05, 3.63) is 49.6 Å². The maximum atomic E-state index is 11.1. The molecule has 1 aromatic rings. The minimum absolute atomic E-state index is 0. The third kappa shape index (κ3) is 4.70. The van der Waals surface area contributed by atoms with Gasteiger partial charge in [0, 0.05) is 65.4 Å². The van der Waals surface area contributed by atoms with Crippen LogP contribution in [0.5, 0.6) is 0 Å². The van der Waals surface area contributed by atoms with Crippen molar-refractivity contribution in [2.24, 2.45) is 0 Å². The van der Waals surface area contributed by atoms with Gasteiger partial charge in [-0.05, 0) is 12.1 Å². The second-order valence-corrected chi connectivity index (χ2v) is 2.41. The molecule has 0 aliphatic heterocycles. The Bertz CT molecular complexity index is 331. The summed E-state index contributed by atoms with van der Waals surface area (Å²) in [5.74, 6) is -1.38. The molecule has 0 spiro atoms. The molecule has 0 amide bonds. The second kappa shape index (κ2) is 9.40. The van der Waals surface area contributed by atoms with Crippen LogP contribution in [0.1, 0.15) is 20.7 Å². The molecule has 0 fully saturated rings. The second-order valence-electron chi connectivity index (χ2n) is 2.41. The number of hydrogen-bond donors (Lipinski definition) is 0. The number of benzene rings is 1. The van der Waals surface area contributed by atoms with E-state index < -0.39 is 11.9 Å². The largest absolute Gasteiger partial charge is 0.637 e. The van der Waals surface area contributed by atoms with Gasteiger partial charge in [-0.15, -0.1) is 0 Å². The molecule has 2 radical (unpaired) electrons. The molecule has 0 bridgehead atoms.